The van der Waals surface area contributed by atoms with E-state index >= 15 is 0 Å². The lowest BCUT2D eigenvalue weighted by molar-refractivity contribution is -0.317. The summed E-state index contributed by atoms with van der Waals surface area (Å²) >= 11 is 0. The van der Waals surface area contributed by atoms with Crippen LogP contribution >= 0.6 is 0 Å². The molecule has 10 heteroatoms. The van der Waals surface area contributed by atoms with Crippen molar-refractivity contribution in [2.24, 2.45) is 0 Å². The Labute approximate surface area is 278 Å². The van der Waals surface area contributed by atoms with Crippen molar-refractivity contribution in [1.29, 1.82) is 0 Å². The number of hydrogen-bond donors (Lipinski definition) is 0. The molecule has 5 rings (SSSR count). The van der Waals surface area contributed by atoms with E-state index in [2.05, 4.69) is 0 Å². The summed E-state index contributed by atoms with van der Waals surface area (Å²) in [6.45, 7) is 10.3. The van der Waals surface area contributed by atoms with Gasteiger partial charge in [-0.3, -0.25) is 0 Å². The Balaban J connectivity index is 0.000000217. The molecule has 0 saturated heterocycles. The van der Waals surface area contributed by atoms with E-state index in [0.29, 0.717) is 40.8 Å². The highest BCUT2D eigenvalue weighted by molar-refractivity contribution is 6.26. The minimum absolute atomic E-state index is 0.123. The van der Waals surface area contributed by atoms with Crippen LogP contribution in [-0.4, -0.2) is 37.7 Å². The Morgan fingerprint density at radius 2 is 0.667 bits per heavy atom. The summed E-state index contributed by atoms with van der Waals surface area (Å²) in [4.78, 5) is 36.2. The second kappa shape index (κ2) is 15.4. The summed E-state index contributed by atoms with van der Waals surface area (Å²) in [5.74, 6) is -4.17. The fraction of sp³-hybridized carbons (Fsp3) is 0.289. The van der Waals surface area contributed by atoms with Crippen LogP contribution in [0.1, 0.15) is 82.2 Å². The van der Waals surface area contributed by atoms with Crippen LogP contribution in [0.3, 0.4) is 0 Å². The fourth-order valence-corrected chi connectivity index (χ4v) is 5.09. The average Bonchev–Trinajstić information content (AvgIpc) is 3.07. The Bertz CT molecular complexity index is 1650. The van der Waals surface area contributed by atoms with Gasteiger partial charge >= 0.3 is 17.9 Å². The predicted molar refractivity (Wildman–Crippen MR) is 174 cm³/mol. The molecule has 0 aliphatic heterocycles. The topological polar surface area (TPSA) is 171 Å². The molecule has 252 valence electrons. The third-order valence-electron chi connectivity index (χ3n) is 7.62. The summed E-state index contributed by atoms with van der Waals surface area (Å²) in [6.07, 6.45) is 2.03. The Hall–Kier alpha value is -5.51. The van der Waals surface area contributed by atoms with Crippen LogP contribution in [0.4, 0.5) is 0 Å². The van der Waals surface area contributed by atoms with Gasteiger partial charge in [0, 0.05) is 0 Å². The zero-order valence-corrected chi connectivity index (χ0v) is 27.5. The first-order valence-electron chi connectivity index (χ1n) is 15.7. The molecule has 0 radical (unpaired) electrons. The molecule has 0 aliphatic carbocycles. The monoisotopic (exact) mass is 652 g/mol. The highest BCUT2D eigenvalue weighted by Crippen LogP contribution is 2.41. The van der Waals surface area contributed by atoms with Gasteiger partial charge in [-0.2, -0.15) is 0 Å². The maximum Gasteiger partial charge on any atom is 0.338 e. The first kappa shape index (κ1) is 35.3. The normalized spacial score (nSPS) is 10.9. The van der Waals surface area contributed by atoms with E-state index in [-0.39, 0.29) is 36.5 Å². The predicted octanol–water partition coefficient (Wildman–Crippen LogP) is 5.44. The molecule has 5 aromatic rings. The molecule has 48 heavy (non-hydrogen) atoms. The van der Waals surface area contributed by atoms with E-state index in [9.17, 15) is 34.8 Å². The average molecular weight is 653 g/mol. The highest BCUT2D eigenvalue weighted by atomic mass is 16.5. The van der Waals surface area contributed by atoms with Gasteiger partial charge in [0.15, 0.2) is 0 Å². The summed E-state index contributed by atoms with van der Waals surface area (Å²) < 4.78 is 15.2. The van der Waals surface area contributed by atoms with Gasteiger partial charge in [-0.15, -0.1) is 23.0 Å². The minimum Gasteiger partial charge on any atom is -0.873 e. The van der Waals surface area contributed by atoms with Crippen LogP contribution in [-0.2, 0) is 14.2 Å². The zero-order valence-electron chi connectivity index (χ0n) is 27.5. The molecule has 0 bridgehead atoms. The number of esters is 3. The molecule has 5 aromatic carbocycles. The quantitative estimate of drug-likeness (QED) is 0.113. The molecular weight excluding hydrogens is 616 g/mol. The van der Waals surface area contributed by atoms with Crippen molar-refractivity contribution in [3.8, 4) is 23.0 Å². The lowest BCUT2D eigenvalue weighted by Gasteiger charge is -2.24. The van der Waals surface area contributed by atoms with Gasteiger partial charge in [0.25, 0.3) is 0 Å². The van der Waals surface area contributed by atoms with E-state index in [1.54, 1.807) is 0 Å². The highest BCUT2D eigenvalue weighted by Gasteiger charge is 2.19. The van der Waals surface area contributed by atoms with Gasteiger partial charge in [-0.05, 0) is 94.8 Å². The van der Waals surface area contributed by atoms with Gasteiger partial charge in [0.2, 0.25) is 0 Å². The zero-order chi connectivity index (χ0) is 35.1. The largest absolute Gasteiger partial charge is 0.873 e. The van der Waals surface area contributed by atoms with Gasteiger partial charge < -0.3 is 34.6 Å². The second-order valence-electron chi connectivity index (χ2n) is 11.4. The van der Waals surface area contributed by atoms with Crippen molar-refractivity contribution in [2.45, 2.75) is 53.9 Å². The van der Waals surface area contributed by atoms with Crippen molar-refractivity contribution in [3.05, 3.63) is 82.4 Å². The van der Waals surface area contributed by atoms with Crippen LogP contribution in [0.15, 0.2) is 54.6 Å². The van der Waals surface area contributed by atoms with E-state index in [1.807, 2.05) is 46.8 Å². The first-order valence-corrected chi connectivity index (χ1v) is 15.7. The lowest BCUT2D eigenvalue weighted by atomic mass is 9.91. The molecule has 0 atom stereocenters. The van der Waals surface area contributed by atoms with Crippen molar-refractivity contribution in [2.75, 3.05) is 19.8 Å². The van der Waals surface area contributed by atoms with Crippen molar-refractivity contribution >= 4 is 50.2 Å². The van der Waals surface area contributed by atoms with E-state index in [1.165, 1.54) is 42.5 Å². The van der Waals surface area contributed by atoms with Gasteiger partial charge in [0.05, 0.1) is 36.5 Å². The number of hydrogen-bond acceptors (Lipinski definition) is 10. The second-order valence-corrected chi connectivity index (χ2v) is 11.4. The standard InChI is InChI=1S/C20H16O4.C18H24O6/c1-9-3-11-12(4-10(9)2)14-6-18(22)20(24)8-16(14)15-7-19(23)17(21)5-13(11)15;1-4-7-22-16(19)13-10-14(17(20)23-8-5-2)12-15(11-13)18(21)24-9-6-3/h3-8,21-24H,1-2H3;10-12H,4-9H2,1-3H3/p-4. The molecule has 10 nitrogen and oxygen atoms in total. The van der Waals surface area contributed by atoms with Crippen LogP contribution in [0, 0.1) is 13.8 Å². The molecular formula is C38H36O10-4. The van der Waals surface area contributed by atoms with Gasteiger partial charge in [0.1, 0.15) is 0 Å². The molecule has 0 unspecified atom stereocenters. The van der Waals surface area contributed by atoms with Crippen molar-refractivity contribution in [1.82, 2.24) is 0 Å². The summed E-state index contributed by atoms with van der Waals surface area (Å²) in [6, 6.07) is 13.2. The number of rotatable bonds is 9. The molecule has 0 spiro atoms. The molecule has 0 N–H and O–H groups in total. The first-order chi connectivity index (χ1) is 22.9. The lowest BCUT2D eigenvalue weighted by Crippen LogP contribution is -2.14. The number of carbonyl (C=O) groups excluding carboxylic acids is 3. The SMILES string of the molecule is CCCOC(=O)c1cc(C(=O)OCCC)cc(C(=O)OCCC)c1.Cc1cc2c(cc1C)c1cc([O-])c([O-])cc1c1cc([O-])c([O-])cc21. The van der Waals surface area contributed by atoms with Crippen LogP contribution in [0.2, 0.25) is 0 Å². The fourth-order valence-electron chi connectivity index (χ4n) is 5.09. The molecule has 0 fully saturated rings. The van der Waals surface area contributed by atoms with Crippen LogP contribution in [0.25, 0.3) is 32.3 Å². The van der Waals surface area contributed by atoms with Gasteiger partial charge in [-0.25, -0.2) is 14.4 Å². The molecule has 0 aromatic heterocycles. The Morgan fingerprint density at radius 1 is 0.438 bits per heavy atom. The van der Waals surface area contributed by atoms with E-state index in [0.717, 1.165) is 21.9 Å². The minimum atomic E-state index is -0.620. The third kappa shape index (κ3) is 7.71. The molecule has 0 amide bonds. The molecule has 0 aliphatic rings. The Morgan fingerprint density at radius 3 is 0.896 bits per heavy atom. The summed E-state index contributed by atoms with van der Waals surface area (Å²) in [7, 11) is 0. The number of ether oxygens (including phenoxy) is 3. The maximum absolute atomic E-state index is 12.1. The summed E-state index contributed by atoms with van der Waals surface area (Å²) in [5.41, 5.74) is 2.46. The third-order valence-corrected chi connectivity index (χ3v) is 7.62. The van der Waals surface area contributed by atoms with E-state index in [4.69, 9.17) is 14.2 Å². The number of aryl methyl sites for hydroxylation is 2. The van der Waals surface area contributed by atoms with Crippen molar-refractivity contribution < 1.29 is 49.0 Å². The molecule has 0 heterocycles. The number of fused-ring (bicyclic) bond motifs is 6. The van der Waals surface area contributed by atoms with E-state index < -0.39 is 40.9 Å². The number of benzene rings is 5. The van der Waals surface area contributed by atoms with Gasteiger partial charge in [-0.1, -0.05) is 57.2 Å². The maximum atomic E-state index is 12.1. The summed E-state index contributed by atoms with van der Waals surface area (Å²) in [5, 5.41) is 51.3. The smallest absolute Gasteiger partial charge is 0.338 e. The number of carbonyl (C=O) groups is 3. The molecule has 0 saturated carbocycles. The Kier molecular flexibility index (Phi) is 11.3. The van der Waals surface area contributed by atoms with Crippen molar-refractivity contribution in [3.63, 3.8) is 0 Å². The van der Waals surface area contributed by atoms with Crippen LogP contribution in [0.5, 0.6) is 23.0 Å². The van der Waals surface area contributed by atoms with Crippen LogP contribution < -0.4 is 20.4 Å².